The van der Waals surface area contributed by atoms with Gasteiger partial charge in [-0.15, -0.1) is 0 Å². The van der Waals surface area contributed by atoms with Crippen molar-refractivity contribution in [2.45, 2.75) is 25.7 Å². The number of anilines is 4. The van der Waals surface area contributed by atoms with E-state index in [1.807, 2.05) is 0 Å². The van der Waals surface area contributed by atoms with Gasteiger partial charge in [0.15, 0.2) is 0 Å². The van der Waals surface area contributed by atoms with Crippen LogP contribution >= 0.6 is 10.0 Å². The number of piperidine rings is 1. The van der Waals surface area contributed by atoms with Crippen LogP contribution in [-0.2, 0) is 20.5 Å². The third kappa shape index (κ3) is 8.06. The lowest BCUT2D eigenvalue weighted by Crippen LogP contribution is -2.39. The Balaban J connectivity index is 1.53. The maximum atomic E-state index is 13.6. The van der Waals surface area contributed by atoms with E-state index in [1.54, 1.807) is 48.2 Å². The molecule has 0 saturated carbocycles. The standard InChI is InChI=1S/C27H37F2N5O4S2/c1-4-38-25(35)19-39(37)32-20-8-9-21(22(18-20)33-14-16-40(2,3)17-15-33)26(36)31-23-6-5-7-24(30-23)34-12-10-27(28,29)11-13-34/h5-9,18,32H,4,10-17,19H2,1-3H3,(H,30,31,36). The normalized spacial score (nSPS) is 19.8. The quantitative estimate of drug-likeness (QED) is 0.420. The first kappa shape index (κ1) is 30.0. The zero-order valence-corrected chi connectivity index (χ0v) is 24.7. The number of amides is 1. The Hall–Kier alpha value is -2.93. The van der Waals surface area contributed by atoms with Gasteiger partial charge in [-0.25, -0.2) is 28.0 Å². The molecule has 1 aromatic carbocycles. The lowest BCUT2D eigenvalue weighted by Gasteiger charge is -2.42. The molecule has 0 radical (unpaired) electrons. The predicted molar refractivity (Wildman–Crippen MR) is 160 cm³/mol. The van der Waals surface area contributed by atoms with Crippen LogP contribution in [0.4, 0.5) is 31.8 Å². The molecule has 9 nitrogen and oxygen atoms in total. The number of ether oxygens (including phenoxy) is 1. The van der Waals surface area contributed by atoms with Gasteiger partial charge in [0.1, 0.15) is 28.4 Å². The number of carbonyl (C=O) groups is 2. The molecular weight excluding hydrogens is 560 g/mol. The van der Waals surface area contributed by atoms with Crippen LogP contribution in [0.15, 0.2) is 36.4 Å². The molecule has 3 heterocycles. The highest BCUT2D eigenvalue weighted by atomic mass is 32.3. The number of aromatic nitrogens is 1. The Kier molecular flexibility index (Phi) is 9.55. The minimum absolute atomic E-state index is 0.195. The molecule has 2 aliphatic rings. The molecule has 1 aromatic heterocycles. The van der Waals surface area contributed by atoms with Crippen LogP contribution < -0.4 is 19.8 Å². The van der Waals surface area contributed by atoms with E-state index >= 15 is 0 Å². The van der Waals surface area contributed by atoms with Gasteiger partial charge in [0.2, 0.25) is 0 Å². The number of nitrogens with one attached hydrogen (secondary N) is 2. The highest BCUT2D eigenvalue weighted by molar-refractivity contribution is 8.32. The molecule has 0 aliphatic carbocycles. The van der Waals surface area contributed by atoms with Crippen LogP contribution in [0.5, 0.6) is 0 Å². The second kappa shape index (κ2) is 12.7. The van der Waals surface area contributed by atoms with Crippen molar-refractivity contribution in [2.24, 2.45) is 0 Å². The molecule has 2 aliphatic heterocycles. The van der Waals surface area contributed by atoms with Gasteiger partial charge >= 0.3 is 5.97 Å². The van der Waals surface area contributed by atoms with Gasteiger partial charge in [0, 0.05) is 44.7 Å². The second-order valence-corrected chi connectivity index (χ2v) is 16.0. The van der Waals surface area contributed by atoms with Crippen LogP contribution in [0, 0.1) is 0 Å². The van der Waals surface area contributed by atoms with Gasteiger partial charge in [0.05, 0.1) is 17.9 Å². The van der Waals surface area contributed by atoms with Crippen molar-refractivity contribution in [1.29, 1.82) is 0 Å². The first-order chi connectivity index (χ1) is 18.9. The van der Waals surface area contributed by atoms with Gasteiger partial charge in [-0.2, -0.15) is 0 Å². The Bertz CT molecular complexity index is 1240. The summed E-state index contributed by atoms with van der Waals surface area (Å²) in [6, 6.07) is 10.3. The fraction of sp³-hybridized carbons (Fsp3) is 0.519. The monoisotopic (exact) mass is 597 g/mol. The molecule has 220 valence electrons. The van der Waals surface area contributed by atoms with E-state index in [0.29, 0.717) is 28.6 Å². The first-order valence-corrected chi connectivity index (χ1v) is 17.3. The van der Waals surface area contributed by atoms with Crippen LogP contribution in [0.25, 0.3) is 0 Å². The molecule has 1 atom stereocenters. The smallest absolute Gasteiger partial charge is 0.320 e. The van der Waals surface area contributed by atoms with Crippen molar-refractivity contribution in [3.05, 3.63) is 42.0 Å². The topological polar surface area (TPSA) is 104 Å². The van der Waals surface area contributed by atoms with Crippen LogP contribution in [0.2, 0.25) is 0 Å². The molecule has 13 heteroatoms. The number of pyridine rings is 1. The van der Waals surface area contributed by atoms with Crippen LogP contribution in [-0.4, -0.2) is 89.5 Å². The third-order valence-electron chi connectivity index (χ3n) is 6.99. The average molecular weight is 598 g/mol. The van der Waals surface area contributed by atoms with Crippen molar-refractivity contribution in [2.75, 3.05) is 82.4 Å². The fourth-order valence-electron chi connectivity index (χ4n) is 4.61. The maximum absolute atomic E-state index is 13.6. The van der Waals surface area contributed by atoms with E-state index in [1.165, 1.54) is 0 Å². The largest absolute Gasteiger partial charge is 0.465 e. The molecule has 2 saturated heterocycles. The van der Waals surface area contributed by atoms with Gasteiger partial charge in [0.25, 0.3) is 11.8 Å². The molecule has 0 spiro atoms. The van der Waals surface area contributed by atoms with Crippen LogP contribution in [0.3, 0.4) is 0 Å². The lowest BCUT2D eigenvalue weighted by atomic mass is 10.1. The lowest BCUT2D eigenvalue weighted by molar-refractivity contribution is -0.139. The molecule has 4 rings (SSSR count). The van der Waals surface area contributed by atoms with Crippen molar-refractivity contribution < 1.29 is 27.3 Å². The van der Waals surface area contributed by atoms with Gasteiger partial charge in [-0.1, -0.05) is 6.07 Å². The maximum Gasteiger partial charge on any atom is 0.320 e. The zero-order chi connectivity index (χ0) is 28.9. The molecule has 1 amide bonds. The average Bonchev–Trinajstić information content (AvgIpc) is 2.89. The number of carbonyl (C=O) groups excluding carboxylic acids is 2. The van der Waals surface area contributed by atoms with Gasteiger partial charge in [-0.3, -0.25) is 9.59 Å². The zero-order valence-electron chi connectivity index (χ0n) is 23.1. The number of alkyl halides is 2. The summed E-state index contributed by atoms with van der Waals surface area (Å²) in [4.78, 5) is 33.7. The summed E-state index contributed by atoms with van der Waals surface area (Å²) in [7, 11) is -2.38. The molecular formula is C27H37F2N5O4S2. The summed E-state index contributed by atoms with van der Waals surface area (Å²) in [6.45, 7) is 3.86. The van der Waals surface area contributed by atoms with Crippen molar-refractivity contribution in [1.82, 2.24) is 4.98 Å². The summed E-state index contributed by atoms with van der Waals surface area (Å²) in [5, 5.41) is 2.86. The van der Waals surface area contributed by atoms with Gasteiger partial charge in [-0.05, 0) is 61.3 Å². The van der Waals surface area contributed by atoms with E-state index in [4.69, 9.17) is 4.74 Å². The number of hydrogen-bond acceptors (Lipinski definition) is 7. The number of halogens is 2. The van der Waals surface area contributed by atoms with E-state index in [0.717, 1.165) is 24.6 Å². The molecule has 40 heavy (non-hydrogen) atoms. The highest BCUT2D eigenvalue weighted by Gasteiger charge is 2.34. The third-order valence-corrected chi connectivity index (χ3v) is 10.5. The van der Waals surface area contributed by atoms with Crippen molar-refractivity contribution in [3.63, 3.8) is 0 Å². The van der Waals surface area contributed by atoms with E-state index in [-0.39, 0.29) is 44.2 Å². The molecule has 2 N–H and O–H groups in total. The molecule has 0 bridgehead atoms. The summed E-state index contributed by atoms with van der Waals surface area (Å²) >= 11 is 0. The Labute approximate surface area is 237 Å². The summed E-state index contributed by atoms with van der Waals surface area (Å²) < 4.78 is 47.4. The molecule has 1 unspecified atom stereocenters. The number of benzene rings is 1. The summed E-state index contributed by atoms with van der Waals surface area (Å²) in [5.41, 5.74) is 1.65. The molecule has 2 aromatic rings. The van der Waals surface area contributed by atoms with Crippen molar-refractivity contribution >= 4 is 55.9 Å². The van der Waals surface area contributed by atoms with E-state index in [9.17, 15) is 22.6 Å². The first-order valence-electron chi connectivity index (χ1n) is 13.2. The number of esters is 1. The SMILES string of the molecule is CCOC(=O)CS(=O)Nc1ccc(C(=O)Nc2cccc(N3CCC(F)(F)CC3)n2)c(N2CCS(C)(C)CC2)c1. The number of nitrogens with zero attached hydrogens (tertiary/aromatic N) is 3. The summed E-state index contributed by atoms with van der Waals surface area (Å²) in [6.07, 6.45) is 4.15. The van der Waals surface area contributed by atoms with Crippen molar-refractivity contribution in [3.8, 4) is 0 Å². The van der Waals surface area contributed by atoms with Gasteiger partial charge < -0.3 is 24.6 Å². The second-order valence-electron chi connectivity index (χ2n) is 10.5. The molecule has 2 fully saturated rings. The van der Waals surface area contributed by atoms with E-state index in [2.05, 4.69) is 32.4 Å². The Morgan fingerprint density at radius 1 is 1.07 bits per heavy atom. The fourth-order valence-corrected chi connectivity index (χ4v) is 7.00. The number of hydrogen-bond donors (Lipinski definition) is 2. The van der Waals surface area contributed by atoms with E-state index < -0.39 is 32.9 Å². The van der Waals surface area contributed by atoms with Crippen LogP contribution in [0.1, 0.15) is 30.1 Å². The minimum Gasteiger partial charge on any atom is -0.465 e. The summed E-state index contributed by atoms with van der Waals surface area (Å²) in [5.74, 6) is -0.941. The minimum atomic E-state index is -2.66. The Morgan fingerprint density at radius 3 is 2.45 bits per heavy atom. The highest BCUT2D eigenvalue weighted by Crippen LogP contribution is 2.43. The number of rotatable bonds is 9. The Morgan fingerprint density at radius 2 is 1.77 bits per heavy atom. The predicted octanol–water partition coefficient (Wildman–Crippen LogP) is 4.09.